The van der Waals surface area contributed by atoms with Crippen LogP contribution >= 0.6 is 0 Å². The first-order valence-corrected chi connectivity index (χ1v) is 9.29. The van der Waals surface area contributed by atoms with Crippen molar-refractivity contribution < 1.29 is 9.84 Å². The fourth-order valence-corrected chi connectivity index (χ4v) is 3.94. The lowest BCUT2D eigenvalue weighted by Gasteiger charge is -2.33. The molecule has 1 atom stereocenters. The molecule has 3 nitrogen and oxygen atoms in total. The molecule has 1 fully saturated rings. The van der Waals surface area contributed by atoms with Crippen molar-refractivity contribution in [2.45, 2.75) is 65.4 Å². The summed E-state index contributed by atoms with van der Waals surface area (Å²) in [4.78, 5) is 2.31. The Morgan fingerprint density at radius 2 is 1.62 bits per heavy atom. The Balaban J connectivity index is 1.85. The van der Waals surface area contributed by atoms with E-state index in [1.807, 2.05) is 12.1 Å². The first-order valence-electron chi connectivity index (χ1n) is 9.29. The van der Waals surface area contributed by atoms with Gasteiger partial charge in [0, 0.05) is 6.54 Å². The number of nitrogens with zero attached hydrogens (tertiary/aromatic N) is 1. The normalized spacial score (nSPS) is 17.9. The molecule has 1 heterocycles. The van der Waals surface area contributed by atoms with Gasteiger partial charge >= 0.3 is 0 Å². The van der Waals surface area contributed by atoms with Gasteiger partial charge in [-0.15, -0.1) is 0 Å². The number of aliphatic hydroxyl groups excluding tert-OH is 1. The molecule has 1 aromatic rings. The van der Waals surface area contributed by atoms with E-state index >= 15 is 0 Å². The van der Waals surface area contributed by atoms with E-state index in [4.69, 9.17) is 4.74 Å². The fraction of sp³-hybridized carbons (Fsp3) is 0.714. The molecular formula is C21H35NO2. The van der Waals surface area contributed by atoms with Gasteiger partial charge in [-0.2, -0.15) is 0 Å². The zero-order valence-corrected chi connectivity index (χ0v) is 16.1. The molecule has 0 bridgehead atoms. The molecule has 0 radical (unpaired) electrons. The third-order valence-electron chi connectivity index (χ3n) is 4.72. The predicted molar refractivity (Wildman–Crippen MR) is 101 cm³/mol. The maximum absolute atomic E-state index is 10.1. The predicted octanol–water partition coefficient (Wildman–Crippen LogP) is 4.24. The van der Waals surface area contributed by atoms with E-state index in [1.54, 1.807) is 0 Å². The summed E-state index contributed by atoms with van der Waals surface area (Å²) in [6.07, 6.45) is 3.22. The topological polar surface area (TPSA) is 32.7 Å². The van der Waals surface area contributed by atoms with Crippen molar-refractivity contribution in [2.24, 2.45) is 5.41 Å². The van der Waals surface area contributed by atoms with Gasteiger partial charge in [-0.25, -0.2) is 0 Å². The molecule has 136 valence electrons. The van der Waals surface area contributed by atoms with Crippen molar-refractivity contribution in [2.75, 3.05) is 26.2 Å². The molecule has 0 spiro atoms. The van der Waals surface area contributed by atoms with Crippen LogP contribution in [-0.2, 0) is 5.41 Å². The Morgan fingerprint density at radius 1 is 1.04 bits per heavy atom. The van der Waals surface area contributed by atoms with E-state index in [0.717, 1.165) is 31.8 Å². The van der Waals surface area contributed by atoms with Crippen LogP contribution < -0.4 is 4.74 Å². The van der Waals surface area contributed by atoms with Gasteiger partial charge in [-0.05, 0) is 60.9 Å². The molecule has 3 heteroatoms. The largest absolute Gasteiger partial charge is 0.491 e. The molecule has 1 saturated heterocycles. The minimum Gasteiger partial charge on any atom is -0.491 e. The zero-order chi connectivity index (χ0) is 17.8. The lowest BCUT2D eigenvalue weighted by atomic mass is 9.72. The highest BCUT2D eigenvalue weighted by atomic mass is 16.5. The number of β-amino-alcohol motifs (C(OH)–C–C–N with tert-alkyl or cyclic N) is 1. The summed E-state index contributed by atoms with van der Waals surface area (Å²) in [5, 5.41) is 10.1. The number of rotatable bonds is 7. The van der Waals surface area contributed by atoms with Crippen molar-refractivity contribution >= 4 is 0 Å². The molecule has 1 aliphatic rings. The van der Waals surface area contributed by atoms with E-state index in [2.05, 4.69) is 51.7 Å². The van der Waals surface area contributed by atoms with Gasteiger partial charge in [-0.1, -0.05) is 46.8 Å². The third kappa shape index (κ3) is 6.10. The van der Waals surface area contributed by atoms with Gasteiger partial charge in [0.25, 0.3) is 0 Å². The third-order valence-corrected chi connectivity index (χ3v) is 4.72. The average molecular weight is 334 g/mol. The number of likely N-dealkylation sites (tertiary alicyclic amines) is 1. The van der Waals surface area contributed by atoms with Crippen LogP contribution in [0.25, 0.3) is 0 Å². The molecule has 0 aromatic heterocycles. The summed E-state index contributed by atoms with van der Waals surface area (Å²) in [6.45, 7) is 14.7. The number of hydrogen-bond acceptors (Lipinski definition) is 3. The summed E-state index contributed by atoms with van der Waals surface area (Å²) >= 11 is 0. The lowest BCUT2D eigenvalue weighted by molar-refractivity contribution is 0.0758. The van der Waals surface area contributed by atoms with Gasteiger partial charge < -0.3 is 14.7 Å². The Morgan fingerprint density at radius 3 is 2.17 bits per heavy atom. The Labute approximate surface area is 148 Å². The minimum atomic E-state index is -0.417. The van der Waals surface area contributed by atoms with Gasteiger partial charge in [0.1, 0.15) is 18.5 Å². The van der Waals surface area contributed by atoms with Crippen molar-refractivity contribution in [3.05, 3.63) is 29.8 Å². The molecule has 0 amide bonds. The second kappa shape index (κ2) is 7.88. The van der Waals surface area contributed by atoms with Crippen molar-refractivity contribution in [3.63, 3.8) is 0 Å². The highest BCUT2D eigenvalue weighted by Crippen LogP contribution is 2.36. The van der Waals surface area contributed by atoms with Crippen molar-refractivity contribution in [3.8, 4) is 5.75 Å². The van der Waals surface area contributed by atoms with Crippen LogP contribution in [0.15, 0.2) is 24.3 Å². The van der Waals surface area contributed by atoms with E-state index in [1.165, 1.54) is 18.4 Å². The number of hydrogen-bond donors (Lipinski definition) is 1. The Kier molecular flexibility index (Phi) is 6.33. The molecule has 2 rings (SSSR count). The Hall–Kier alpha value is -1.06. The van der Waals surface area contributed by atoms with Crippen molar-refractivity contribution in [1.82, 2.24) is 4.90 Å². The molecule has 1 aromatic carbocycles. The SMILES string of the molecule is CC(C)(C)CC(C)(C)c1ccc(OC[C@H](O)CN2CCCC2)cc1. The van der Waals surface area contributed by atoms with E-state index in [0.29, 0.717) is 12.0 Å². The van der Waals surface area contributed by atoms with Crippen LogP contribution in [0.1, 0.15) is 59.4 Å². The van der Waals surface area contributed by atoms with Gasteiger partial charge in [0.2, 0.25) is 0 Å². The lowest BCUT2D eigenvalue weighted by Crippen LogP contribution is -2.33. The van der Waals surface area contributed by atoms with E-state index < -0.39 is 6.10 Å². The van der Waals surface area contributed by atoms with E-state index in [9.17, 15) is 5.11 Å². The van der Waals surface area contributed by atoms with Crippen LogP contribution in [0.2, 0.25) is 0 Å². The summed E-state index contributed by atoms with van der Waals surface area (Å²) in [5.74, 6) is 0.839. The number of ether oxygens (including phenoxy) is 1. The second-order valence-electron chi connectivity index (χ2n) is 9.12. The summed E-state index contributed by atoms with van der Waals surface area (Å²) in [5.41, 5.74) is 1.78. The smallest absolute Gasteiger partial charge is 0.119 e. The average Bonchev–Trinajstić information content (AvgIpc) is 2.96. The summed E-state index contributed by atoms with van der Waals surface area (Å²) in [6, 6.07) is 8.38. The van der Waals surface area contributed by atoms with Crippen LogP contribution in [0.5, 0.6) is 5.75 Å². The highest BCUT2D eigenvalue weighted by molar-refractivity contribution is 5.31. The number of benzene rings is 1. The fourth-order valence-electron chi connectivity index (χ4n) is 3.94. The second-order valence-corrected chi connectivity index (χ2v) is 9.12. The summed E-state index contributed by atoms with van der Waals surface area (Å²) in [7, 11) is 0. The quantitative estimate of drug-likeness (QED) is 0.810. The molecule has 0 aliphatic carbocycles. The molecule has 1 aliphatic heterocycles. The molecule has 0 unspecified atom stereocenters. The van der Waals surface area contributed by atoms with Crippen LogP contribution in [-0.4, -0.2) is 42.4 Å². The van der Waals surface area contributed by atoms with Gasteiger partial charge in [-0.3, -0.25) is 0 Å². The van der Waals surface area contributed by atoms with Crippen LogP contribution in [0, 0.1) is 5.41 Å². The monoisotopic (exact) mass is 333 g/mol. The summed E-state index contributed by atoms with van der Waals surface area (Å²) < 4.78 is 5.77. The van der Waals surface area contributed by atoms with Crippen molar-refractivity contribution in [1.29, 1.82) is 0 Å². The maximum Gasteiger partial charge on any atom is 0.119 e. The minimum absolute atomic E-state index is 0.145. The first-order chi connectivity index (χ1) is 11.2. The van der Waals surface area contributed by atoms with Crippen LogP contribution in [0.4, 0.5) is 0 Å². The van der Waals surface area contributed by atoms with Gasteiger partial charge in [0.15, 0.2) is 0 Å². The highest BCUT2D eigenvalue weighted by Gasteiger charge is 2.27. The molecule has 24 heavy (non-hydrogen) atoms. The molecule has 0 saturated carbocycles. The Bertz CT molecular complexity index is 496. The van der Waals surface area contributed by atoms with Crippen LogP contribution in [0.3, 0.4) is 0 Å². The maximum atomic E-state index is 10.1. The number of aliphatic hydroxyl groups is 1. The first kappa shape index (κ1) is 19.3. The molecule has 1 N–H and O–H groups in total. The molecular weight excluding hydrogens is 298 g/mol. The van der Waals surface area contributed by atoms with E-state index in [-0.39, 0.29) is 5.41 Å². The standard InChI is InChI=1S/C21H35NO2/c1-20(2,3)16-21(4,5)17-8-10-19(11-9-17)24-15-18(23)14-22-12-6-7-13-22/h8-11,18,23H,6-7,12-16H2,1-5H3/t18-/m1/s1. The van der Waals surface area contributed by atoms with Gasteiger partial charge in [0.05, 0.1) is 0 Å². The zero-order valence-electron chi connectivity index (χ0n) is 16.1.